The number of carbonyl (C=O) groups is 1. The third-order valence-corrected chi connectivity index (χ3v) is 1.65. The zero-order chi connectivity index (χ0) is 9.56. The Morgan fingerprint density at radius 3 is 2.75 bits per heavy atom. The Kier molecular flexibility index (Phi) is 5.37. The molecule has 3 heteroatoms. The fourth-order valence-corrected chi connectivity index (χ4v) is 0.841. The molecular weight excluding hydrogens is 154 g/mol. The molecule has 0 N–H and O–H groups in total. The molecule has 0 aromatic carbocycles. The van der Waals surface area contributed by atoms with Gasteiger partial charge in [0.25, 0.3) is 0 Å². The predicted octanol–water partition coefficient (Wildman–Crippen LogP) is 1.40. The lowest BCUT2D eigenvalue weighted by molar-refractivity contribution is -0.150. The molecule has 0 aromatic rings. The highest BCUT2D eigenvalue weighted by Gasteiger charge is 2.10. The molecule has 0 aliphatic rings. The molecule has 12 heavy (non-hydrogen) atoms. The van der Waals surface area contributed by atoms with Gasteiger partial charge in [-0.05, 0) is 20.4 Å². The van der Waals surface area contributed by atoms with E-state index in [2.05, 4.69) is 13.5 Å². The van der Waals surface area contributed by atoms with Gasteiger partial charge in [-0.25, -0.2) is 4.79 Å². The highest BCUT2D eigenvalue weighted by Crippen LogP contribution is 1.99. The average molecular weight is 171 g/mol. The van der Waals surface area contributed by atoms with Crippen LogP contribution in [0.15, 0.2) is 12.7 Å². The van der Waals surface area contributed by atoms with Crippen molar-refractivity contribution >= 4 is 5.97 Å². The van der Waals surface area contributed by atoms with Gasteiger partial charge in [-0.1, -0.05) is 13.5 Å². The maximum absolute atomic E-state index is 10.8. The van der Waals surface area contributed by atoms with Crippen molar-refractivity contribution in [1.29, 1.82) is 0 Å². The van der Waals surface area contributed by atoms with Crippen LogP contribution in [0.5, 0.6) is 0 Å². The Morgan fingerprint density at radius 2 is 2.33 bits per heavy atom. The molecule has 0 radical (unpaired) electrons. The Morgan fingerprint density at radius 1 is 1.75 bits per heavy atom. The van der Waals surface area contributed by atoms with E-state index < -0.39 is 0 Å². The molecular formula is C9H17NO2. The van der Waals surface area contributed by atoms with Crippen LogP contribution in [0.25, 0.3) is 0 Å². The van der Waals surface area contributed by atoms with Crippen LogP contribution >= 0.6 is 0 Å². The number of hydrogen-bond donors (Lipinski definition) is 0. The molecule has 0 saturated carbocycles. The van der Waals surface area contributed by atoms with Crippen LogP contribution < -0.4 is 0 Å². The molecule has 0 heterocycles. The first-order valence-electron chi connectivity index (χ1n) is 4.15. The first-order chi connectivity index (χ1) is 5.61. The van der Waals surface area contributed by atoms with Gasteiger partial charge in [0.05, 0.1) is 0 Å². The molecule has 0 spiro atoms. The summed E-state index contributed by atoms with van der Waals surface area (Å²) >= 11 is 0. The van der Waals surface area contributed by atoms with E-state index in [-0.39, 0.29) is 12.2 Å². The topological polar surface area (TPSA) is 29.5 Å². The van der Waals surface area contributed by atoms with Crippen molar-refractivity contribution in [1.82, 2.24) is 4.90 Å². The van der Waals surface area contributed by atoms with E-state index in [4.69, 9.17) is 4.74 Å². The van der Waals surface area contributed by atoms with Gasteiger partial charge in [0, 0.05) is 12.6 Å². The largest absolute Gasteiger partial charge is 0.444 e. The third-order valence-electron chi connectivity index (χ3n) is 1.65. The first-order valence-corrected chi connectivity index (χ1v) is 4.15. The summed E-state index contributed by atoms with van der Waals surface area (Å²) in [4.78, 5) is 12.7. The van der Waals surface area contributed by atoms with E-state index >= 15 is 0 Å². The van der Waals surface area contributed by atoms with Crippen molar-refractivity contribution in [2.45, 2.75) is 26.5 Å². The molecule has 3 nitrogen and oxygen atoms in total. The summed E-state index contributed by atoms with van der Waals surface area (Å²) in [5.74, 6) is -0.370. The third kappa shape index (κ3) is 4.13. The van der Waals surface area contributed by atoms with Gasteiger partial charge in [0.15, 0.2) is 6.23 Å². The van der Waals surface area contributed by atoms with Crippen LogP contribution in [-0.4, -0.2) is 30.7 Å². The lowest BCUT2D eigenvalue weighted by Crippen LogP contribution is -2.33. The molecule has 0 aliphatic heterocycles. The molecule has 0 aliphatic carbocycles. The second-order valence-corrected chi connectivity index (χ2v) is 2.72. The summed E-state index contributed by atoms with van der Waals surface area (Å²) in [6.07, 6.45) is 2.05. The fourth-order valence-electron chi connectivity index (χ4n) is 0.841. The second-order valence-electron chi connectivity index (χ2n) is 2.72. The second kappa shape index (κ2) is 5.77. The number of nitrogens with zero attached hydrogens (tertiary/aromatic N) is 1. The summed E-state index contributed by atoms with van der Waals surface area (Å²) in [7, 11) is 1.92. The summed E-state index contributed by atoms with van der Waals surface area (Å²) in [6, 6.07) is 0. The van der Waals surface area contributed by atoms with Crippen LogP contribution in [0.3, 0.4) is 0 Å². The van der Waals surface area contributed by atoms with Crippen molar-refractivity contribution in [3.63, 3.8) is 0 Å². The summed E-state index contributed by atoms with van der Waals surface area (Å²) in [5.41, 5.74) is 0. The number of ether oxygens (including phenoxy) is 1. The molecule has 1 atom stereocenters. The zero-order valence-electron chi connectivity index (χ0n) is 8.04. The van der Waals surface area contributed by atoms with Gasteiger partial charge in [-0.15, -0.1) is 0 Å². The minimum Gasteiger partial charge on any atom is -0.444 e. The average Bonchev–Trinajstić information content (AvgIpc) is 2.04. The summed E-state index contributed by atoms with van der Waals surface area (Å²) in [5, 5.41) is 0. The van der Waals surface area contributed by atoms with Gasteiger partial charge in [-0.2, -0.15) is 0 Å². The molecule has 0 saturated heterocycles. The Bertz CT molecular complexity index is 157. The molecule has 0 amide bonds. The van der Waals surface area contributed by atoms with Crippen LogP contribution in [0.2, 0.25) is 0 Å². The number of esters is 1. The standard InChI is InChI=1S/C9H17NO2/c1-5-7-10(4)8(3)12-9(11)6-2/h6,8H,2,5,7H2,1,3-4H3. The van der Waals surface area contributed by atoms with E-state index in [0.29, 0.717) is 0 Å². The lowest BCUT2D eigenvalue weighted by Gasteiger charge is -2.23. The van der Waals surface area contributed by atoms with E-state index in [9.17, 15) is 4.79 Å². The van der Waals surface area contributed by atoms with Crippen molar-refractivity contribution in [2.24, 2.45) is 0 Å². The minimum atomic E-state index is -0.370. The number of carbonyl (C=O) groups excluding carboxylic acids is 1. The molecule has 70 valence electrons. The van der Waals surface area contributed by atoms with E-state index in [0.717, 1.165) is 13.0 Å². The summed E-state index contributed by atoms with van der Waals surface area (Å²) < 4.78 is 4.98. The van der Waals surface area contributed by atoms with Gasteiger partial charge in [0.1, 0.15) is 0 Å². The minimum absolute atomic E-state index is 0.171. The monoisotopic (exact) mass is 171 g/mol. The maximum atomic E-state index is 10.8. The van der Waals surface area contributed by atoms with Gasteiger partial charge < -0.3 is 4.74 Å². The smallest absolute Gasteiger partial charge is 0.331 e. The van der Waals surface area contributed by atoms with Gasteiger partial charge in [-0.3, -0.25) is 4.90 Å². The quantitative estimate of drug-likeness (QED) is 0.356. The van der Waals surface area contributed by atoms with Crippen molar-refractivity contribution in [2.75, 3.05) is 13.6 Å². The van der Waals surface area contributed by atoms with Crippen LogP contribution in [0.4, 0.5) is 0 Å². The van der Waals surface area contributed by atoms with E-state index in [1.54, 1.807) is 0 Å². The van der Waals surface area contributed by atoms with Crippen LogP contribution in [0.1, 0.15) is 20.3 Å². The lowest BCUT2D eigenvalue weighted by atomic mass is 10.4. The highest BCUT2D eigenvalue weighted by molar-refractivity contribution is 5.81. The highest BCUT2D eigenvalue weighted by atomic mass is 16.6. The van der Waals surface area contributed by atoms with Crippen molar-refractivity contribution in [3.8, 4) is 0 Å². The first kappa shape index (κ1) is 11.2. The van der Waals surface area contributed by atoms with Crippen molar-refractivity contribution in [3.05, 3.63) is 12.7 Å². The van der Waals surface area contributed by atoms with E-state index in [1.165, 1.54) is 6.08 Å². The number of hydrogen-bond acceptors (Lipinski definition) is 3. The van der Waals surface area contributed by atoms with Crippen LogP contribution in [0, 0.1) is 0 Å². The normalized spacial score (nSPS) is 12.7. The zero-order valence-corrected chi connectivity index (χ0v) is 8.04. The molecule has 0 aromatic heterocycles. The molecule has 1 unspecified atom stereocenters. The van der Waals surface area contributed by atoms with Crippen molar-refractivity contribution < 1.29 is 9.53 Å². The number of rotatable bonds is 5. The molecule has 0 fully saturated rings. The Balaban J connectivity index is 3.77. The van der Waals surface area contributed by atoms with Gasteiger partial charge in [0.2, 0.25) is 0 Å². The fraction of sp³-hybridized carbons (Fsp3) is 0.667. The summed E-state index contributed by atoms with van der Waals surface area (Å²) in [6.45, 7) is 8.17. The molecule has 0 bridgehead atoms. The van der Waals surface area contributed by atoms with Gasteiger partial charge >= 0.3 is 5.97 Å². The molecule has 0 rings (SSSR count). The van der Waals surface area contributed by atoms with Crippen LogP contribution in [-0.2, 0) is 9.53 Å². The maximum Gasteiger partial charge on any atom is 0.331 e. The predicted molar refractivity (Wildman–Crippen MR) is 48.7 cm³/mol. The Hall–Kier alpha value is -0.830. The van der Waals surface area contributed by atoms with E-state index in [1.807, 2.05) is 18.9 Å². The Labute approximate surface area is 74.0 Å². The SMILES string of the molecule is C=CC(=O)OC(C)N(C)CCC.